The van der Waals surface area contributed by atoms with Crippen molar-refractivity contribution in [1.29, 1.82) is 0 Å². The van der Waals surface area contributed by atoms with Gasteiger partial charge in [0, 0.05) is 26.2 Å². The number of nitrogens with zero attached hydrogens (tertiary/aromatic N) is 5. The van der Waals surface area contributed by atoms with Crippen molar-refractivity contribution in [3.8, 4) is 0 Å². The largest absolute Gasteiger partial charge is 0.396 e. The number of halogens is 2. The monoisotopic (exact) mass is 357 g/mol. The Kier molecular flexibility index (Phi) is 7.23. The first-order valence-electron chi connectivity index (χ1n) is 7.66. The van der Waals surface area contributed by atoms with Gasteiger partial charge < -0.3 is 5.11 Å². The van der Waals surface area contributed by atoms with Gasteiger partial charge in [-0.05, 0) is 41.0 Å². The molecule has 0 spiro atoms. The minimum Gasteiger partial charge on any atom is -0.396 e. The molecule has 0 bridgehead atoms. The van der Waals surface area contributed by atoms with Gasteiger partial charge in [-0.25, -0.2) is 4.68 Å². The lowest BCUT2D eigenvalue weighted by Crippen LogP contribution is -2.26. The molecular weight excluding hydrogens is 337 g/mol. The number of hydrogen-bond acceptors (Lipinski definition) is 5. The zero-order chi connectivity index (χ0) is 16.7. The van der Waals surface area contributed by atoms with Gasteiger partial charge in [-0.15, -0.1) is 5.10 Å². The smallest absolute Gasteiger partial charge is 0.165 e. The Morgan fingerprint density at radius 3 is 2.74 bits per heavy atom. The van der Waals surface area contributed by atoms with Crippen LogP contribution < -0.4 is 0 Å². The molecule has 1 N–H and O–H groups in total. The number of tetrazole rings is 1. The van der Waals surface area contributed by atoms with Crippen molar-refractivity contribution in [3.05, 3.63) is 39.6 Å². The van der Waals surface area contributed by atoms with Gasteiger partial charge in [0.05, 0.1) is 16.6 Å². The Bertz CT molecular complexity index is 620. The molecule has 0 aliphatic carbocycles. The maximum Gasteiger partial charge on any atom is 0.165 e. The fourth-order valence-corrected chi connectivity index (χ4v) is 2.65. The maximum absolute atomic E-state index is 9.12. The molecule has 0 radical (unpaired) electrons. The summed E-state index contributed by atoms with van der Waals surface area (Å²) in [6, 6.07) is 5.62. The molecule has 2 aromatic rings. The summed E-state index contributed by atoms with van der Waals surface area (Å²) < 4.78 is 1.82. The molecule has 1 heterocycles. The van der Waals surface area contributed by atoms with Crippen LogP contribution in [-0.4, -0.2) is 43.4 Å². The van der Waals surface area contributed by atoms with Gasteiger partial charge in [0.25, 0.3) is 0 Å². The maximum atomic E-state index is 9.12. The standard InChI is InChI=1S/C15H21Cl2N5O/c1-2-6-22-15(18-19-20-22)11-21(7-3-8-23)10-12-4-5-13(16)14(17)9-12/h4-5,9,23H,2-3,6-8,10-11H2,1H3. The van der Waals surface area contributed by atoms with E-state index >= 15 is 0 Å². The van der Waals surface area contributed by atoms with Crippen molar-refractivity contribution in [2.45, 2.75) is 39.4 Å². The van der Waals surface area contributed by atoms with Crippen molar-refractivity contribution in [1.82, 2.24) is 25.1 Å². The minimum atomic E-state index is 0.151. The summed E-state index contributed by atoms with van der Waals surface area (Å²) in [5.74, 6) is 0.824. The molecule has 8 heteroatoms. The molecule has 0 atom stereocenters. The molecule has 2 rings (SSSR count). The molecule has 0 fully saturated rings. The van der Waals surface area contributed by atoms with Gasteiger partial charge in [0.1, 0.15) is 0 Å². The van der Waals surface area contributed by atoms with Gasteiger partial charge >= 0.3 is 0 Å². The molecule has 126 valence electrons. The Balaban J connectivity index is 2.09. The van der Waals surface area contributed by atoms with E-state index < -0.39 is 0 Å². The highest BCUT2D eigenvalue weighted by Gasteiger charge is 2.13. The van der Waals surface area contributed by atoms with E-state index in [9.17, 15) is 0 Å². The summed E-state index contributed by atoms with van der Waals surface area (Å²) in [6.07, 6.45) is 1.66. The van der Waals surface area contributed by atoms with Crippen LogP contribution in [-0.2, 0) is 19.6 Å². The normalized spacial score (nSPS) is 11.3. The zero-order valence-electron chi connectivity index (χ0n) is 13.1. The summed E-state index contributed by atoms with van der Waals surface area (Å²) >= 11 is 12.0. The predicted octanol–water partition coefficient (Wildman–Crippen LogP) is 2.77. The third-order valence-electron chi connectivity index (χ3n) is 3.43. The molecule has 0 aliphatic heterocycles. The highest BCUT2D eigenvalue weighted by atomic mass is 35.5. The first-order chi connectivity index (χ1) is 11.1. The van der Waals surface area contributed by atoms with Crippen LogP contribution in [0.25, 0.3) is 0 Å². The SMILES string of the molecule is CCCn1nnnc1CN(CCCO)Cc1ccc(Cl)c(Cl)c1. The molecule has 0 saturated carbocycles. The van der Waals surface area contributed by atoms with Crippen molar-refractivity contribution >= 4 is 23.2 Å². The lowest BCUT2D eigenvalue weighted by atomic mass is 10.2. The molecular formula is C15H21Cl2N5O. The summed E-state index contributed by atoms with van der Waals surface area (Å²) in [5, 5.41) is 22.1. The van der Waals surface area contributed by atoms with E-state index in [1.54, 1.807) is 6.07 Å². The minimum absolute atomic E-state index is 0.151. The van der Waals surface area contributed by atoms with E-state index in [1.165, 1.54) is 0 Å². The lowest BCUT2D eigenvalue weighted by Gasteiger charge is -2.21. The second-order valence-corrected chi connectivity index (χ2v) is 6.17. The number of aromatic nitrogens is 4. The van der Waals surface area contributed by atoms with E-state index in [0.717, 1.165) is 30.9 Å². The van der Waals surface area contributed by atoms with Crippen LogP contribution in [0, 0.1) is 0 Å². The summed E-state index contributed by atoms with van der Waals surface area (Å²) in [6.45, 7) is 5.09. The highest BCUT2D eigenvalue weighted by Crippen LogP contribution is 2.23. The number of hydrogen-bond donors (Lipinski definition) is 1. The fraction of sp³-hybridized carbons (Fsp3) is 0.533. The first-order valence-corrected chi connectivity index (χ1v) is 8.41. The van der Waals surface area contributed by atoms with Gasteiger partial charge in [-0.2, -0.15) is 0 Å². The van der Waals surface area contributed by atoms with Gasteiger partial charge in [-0.3, -0.25) is 4.90 Å². The predicted molar refractivity (Wildman–Crippen MR) is 90.4 cm³/mol. The molecule has 6 nitrogen and oxygen atoms in total. The molecule has 0 unspecified atom stereocenters. The molecule has 0 amide bonds. The summed E-state index contributed by atoms with van der Waals surface area (Å²) in [7, 11) is 0. The number of rotatable bonds is 9. The van der Waals surface area contributed by atoms with Crippen molar-refractivity contribution < 1.29 is 5.11 Å². The van der Waals surface area contributed by atoms with Crippen LogP contribution >= 0.6 is 23.2 Å². The van der Waals surface area contributed by atoms with E-state index in [-0.39, 0.29) is 6.61 Å². The van der Waals surface area contributed by atoms with E-state index in [1.807, 2.05) is 16.8 Å². The van der Waals surface area contributed by atoms with Gasteiger partial charge in [0.15, 0.2) is 5.82 Å². The Hall–Kier alpha value is -1.21. The van der Waals surface area contributed by atoms with Crippen molar-refractivity contribution in [2.24, 2.45) is 0 Å². The second kappa shape index (κ2) is 9.17. The van der Waals surface area contributed by atoms with Crippen molar-refractivity contribution in [3.63, 3.8) is 0 Å². The van der Waals surface area contributed by atoms with Crippen LogP contribution in [0.4, 0.5) is 0 Å². The quantitative estimate of drug-likeness (QED) is 0.747. The number of aliphatic hydroxyl groups is 1. The number of aliphatic hydroxyl groups excluding tert-OH is 1. The van der Waals surface area contributed by atoms with Gasteiger partial charge in [0.2, 0.25) is 0 Å². The average molecular weight is 358 g/mol. The highest BCUT2D eigenvalue weighted by molar-refractivity contribution is 6.42. The second-order valence-electron chi connectivity index (χ2n) is 5.35. The van der Waals surface area contributed by atoms with Crippen LogP contribution in [0.1, 0.15) is 31.2 Å². The Morgan fingerprint density at radius 1 is 1.22 bits per heavy atom. The van der Waals surface area contributed by atoms with Crippen LogP contribution in [0.2, 0.25) is 10.0 Å². The van der Waals surface area contributed by atoms with E-state index in [0.29, 0.717) is 29.6 Å². The molecule has 0 aliphatic rings. The lowest BCUT2D eigenvalue weighted by molar-refractivity contribution is 0.206. The fourth-order valence-electron chi connectivity index (χ4n) is 2.33. The molecule has 1 aromatic carbocycles. The Labute approximate surface area is 146 Å². The average Bonchev–Trinajstić information content (AvgIpc) is 2.96. The van der Waals surface area contributed by atoms with E-state index in [4.69, 9.17) is 28.3 Å². The molecule has 0 saturated heterocycles. The van der Waals surface area contributed by atoms with Crippen LogP contribution in [0.5, 0.6) is 0 Å². The molecule has 23 heavy (non-hydrogen) atoms. The van der Waals surface area contributed by atoms with E-state index in [2.05, 4.69) is 27.3 Å². The first kappa shape index (κ1) is 18.1. The van der Waals surface area contributed by atoms with Gasteiger partial charge in [-0.1, -0.05) is 36.2 Å². The summed E-state index contributed by atoms with van der Waals surface area (Å²) in [5.41, 5.74) is 1.06. The third kappa shape index (κ3) is 5.42. The summed E-state index contributed by atoms with van der Waals surface area (Å²) in [4.78, 5) is 2.19. The van der Waals surface area contributed by atoms with Crippen LogP contribution in [0.3, 0.4) is 0 Å². The van der Waals surface area contributed by atoms with Crippen molar-refractivity contribution in [2.75, 3.05) is 13.2 Å². The number of benzene rings is 1. The molecule has 1 aromatic heterocycles. The third-order valence-corrected chi connectivity index (χ3v) is 4.17. The topological polar surface area (TPSA) is 67.1 Å². The zero-order valence-corrected chi connectivity index (χ0v) is 14.6. The number of aryl methyl sites for hydroxylation is 1. The van der Waals surface area contributed by atoms with Crippen LogP contribution in [0.15, 0.2) is 18.2 Å². The Morgan fingerprint density at radius 2 is 2.04 bits per heavy atom.